The Morgan fingerprint density at radius 1 is 1.00 bits per heavy atom. The van der Waals surface area contributed by atoms with Crippen molar-refractivity contribution in [2.24, 2.45) is 0 Å². The first-order valence-electron chi connectivity index (χ1n) is 9.22. The second kappa shape index (κ2) is 12.9. The summed E-state index contributed by atoms with van der Waals surface area (Å²) in [6.45, 7) is 2.01. The molecule has 1 rings (SSSR count). The van der Waals surface area contributed by atoms with Crippen LogP contribution in [0.5, 0.6) is 0 Å². The quantitative estimate of drug-likeness (QED) is 0.466. The van der Waals surface area contributed by atoms with Crippen molar-refractivity contribution in [2.75, 3.05) is 11.9 Å². The second-order valence-electron chi connectivity index (χ2n) is 6.34. The van der Waals surface area contributed by atoms with Gasteiger partial charge >= 0.3 is 5.97 Å². The van der Waals surface area contributed by atoms with Crippen LogP contribution in [0, 0.1) is 0 Å². The van der Waals surface area contributed by atoms with E-state index in [0.29, 0.717) is 17.9 Å². The number of nitrogens with zero attached hydrogens (tertiary/aromatic N) is 1. The predicted molar refractivity (Wildman–Crippen MR) is 100 cm³/mol. The summed E-state index contributed by atoms with van der Waals surface area (Å²) in [5.41, 5.74) is 0.477. The zero-order chi connectivity index (χ0) is 19.2. The number of carboxylic acids is 1. The molecule has 26 heavy (non-hydrogen) atoms. The van der Waals surface area contributed by atoms with Crippen molar-refractivity contribution in [3.63, 3.8) is 0 Å². The Bertz CT molecular complexity index is 590. The van der Waals surface area contributed by atoms with Gasteiger partial charge in [-0.25, -0.2) is 4.98 Å². The van der Waals surface area contributed by atoms with E-state index in [2.05, 4.69) is 15.6 Å². The minimum atomic E-state index is -0.717. The summed E-state index contributed by atoms with van der Waals surface area (Å²) in [6.07, 6.45) is 9.98. The van der Waals surface area contributed by atoms with Crippen molar-refractivity contribution >= 4 is 23.6 Å². The number of carboxylic acid groups (broad SMARTS) is 1. The first kappa shape index (κ1) is 21.6. The van der Waals surface area contributed by atoms with Crippen molar-refractivity contribution in [1.82, 2.24) is 10.3 Å². The third kappa shape index (κ3) is 10.4. The first-order valence-corrected chi connectivity index (χ1v) is 9.22. The Morgan fingerprint density at radius 2 is 1.62 bits per heavy atom. The lowest BCUT2D eigenvalue weighted by atomic mass is 10.1. The average Bonchev–Trinajstić information content (AvgIpc) is 2.58. The summed E-state index contributed by atoms with van der Waals surface area (Å²) in [4.78, 5) is 37.5. The number of nitrogens with one attached hydrogen (secondary N) is 2. The summed E-state index contributed by atoms with van der Waals surface area (Å²) in [5.74, 6) is -0.743. The number of anilines is 1. The maximum atomic E-state index is 12.1. The Morgan fingerprint density at radius 3 is 2.23 bits per heavy atom. The number of aliphatic carboxylic acids is 1. The molecule has 0 atom stereocenters. The molecule has 0 spiro atoms. The number of carbonyl (C=O) groups is 3. The topological polar surface area (TPSA) is 108 Å². The van der Waals surface area contributed by atoms with Gasteiger partial charge in [-0.1, -0.05) is 38.5 Å². The number of carbonyl (C=O) groups excluding carboxylic acids is 2. The molecule has 0 radical (unpaired) electrons. The van der Waals surface area contributed by atoms with Crippen LogP contribution < -0.4 is 10.6 Å². The molecule has 0 saturated heterocycles. The number of unbranched alkanes of at least 4 members (excludes halogenated alkanes) is 7. The van der Waals surface area contributed by atoms with E-state index in [4.69, 9.17) is 5.11 Å². The molecule has 0 saturated carbocycles. The number of amides is 2. The molecule has 0 fully saturated rings. The molecule has 0 bridgehead atoms. The smallest absolute Gasteiger partial charge is 0.303 e. The highest BCUT2D eigenvalue weighted by Gasteiger charge is 2.07. The fourth-order valence-corrected chi connectivity index (χ4v) is 2.59. The monoisotopic (exact) mass is 363 g/mol. The van der Waals surface area contributed by atoms with Crippen molar-refractivity contribution < 1.29 is 19.5 Å². The zero-order valence-electron chi connectivity index (χ0n) is 15.4. The molecule has 0 aliphatic carbocycles. The van der Waals surface area contributed by atoms with Crippen LogP contribution in [-0.4, -0.2) is 34.4 Å². The molecule has 3 N–H and O–H groups in total. The van der Waals surface area contributed by atoms with Crippen LogP contribution in [0.4, 0.5) is 5.82 Å². The van der Waals surface area contributed by atoms with Gasteiger partial charge in [-0.2, -0.15) is 0 Å². The van der Waals surface area contributed by atoms with E-state index in [-0.39, 0.29) is 18.2 Å². The van der Waals surface area contributed by atoms with Gasteiger partial charge in [0.2, 0.25) is 5.91 Å². The minimum Gasteiger partial charge on any atom is -0.481 e. The molecule has 0 aliphatic heterocycles. The molecule has 1 heterocycles. The third-order valence-electron chi connectivity index (χ3n) is 3.93. The van der Waals surface area contributed by atoms with E-state index in [1.54, 1.807) is 12.1 Å². The summed E-state index contributed by atoms with van der Waals surface area (Å²) in [6, 6.07) is 3.17. The first-order chi connectivity index (χ1) is 12.5. The molecule has 1 aromatic rings. The molecular formula is C19H29N3O4. The molecule has 7 nitrogen and oxygen atoms in total. The van der Waals surface area contributed by atoms with Gasteiger partial charge in [0.05, 0.1) is 0 Å². The maximum Gasteiger partial charge on any atom is 0.303 e. The highest BCUT2D eigenvalue weighted by Crippen LogP contribution is 2.10. The van der Waals surface area contributed by atoms with Crippen molar-refractivity contribution in [2.45, 2.75) is 64.7 Å². The van der Waals surface area contributed by atoms with Gasteiger partial charge in [0, 0.05) is 31.6 Å². The standard InChI is InChI=1S/C19H29N3O4/c1-15(23)22-17-14-16(11-13-20-17)19(26)21-12-9-7-5-3-2-4-6-8-10-18(24)25/h11,13-14H,2-10,12H2,1H3,(H,21,26)(H,24,25)(H,20,22,23). The van der Waals surface area contributed by atoms with Crippen LogP contribution in [-0.2, 0) is 9.59 Å². The number of rotatable bonds is 13. The molecular weight excluding hydrogens is 334 g/mol. The summed E-state index contributed by atoms with van der Waals surface area (Å²) >= 11 is 0. The van der Waals surface area contributed by atoms with E-state index < -0.39 is 5.97 Å². The second-order valence-corrected chi connectivity index (χ2v) is 6.34. The van der Waals surface area contributed by atoms with Crippen LogP contribution in [0.25, 0.3) is 0 Å². The minimum absolute atomic E-state index is 0.169. The van der Waals surface area contributed by atoms with Gasteiger partial charge in [-0.15, -0.1) is 0 Å². The van der Waals surface area contributed by atoms with E-state index in [1.165, 1.54) is 13.1 Å². The fraction of sp³-hybridized carbons (Fsp3) is 0.579. The van der Waals surface area contributed by atoms with Crippen LogP contribution >= 0.6 is 0 Å². The van der Waals surface area contributed by atoms with Crippen LogP contribution in [0.3, 0.4) is 0 Å². The lowest BCUT2D eigenvalue weighted by Gasteiger charge is -2.07. The van der Waals surface area contributed by atoms with E-state index in [9.17, 15) is 14.4 Å². The third-order valence-corrected chi connectivity index (χ3v) is 3.93. The number of aromatic nitrogens is 1. The zero-order valence-corrected chi connectivity index (χ0v) is 15.4. The van der Waals surface area contributed by atoms with Crippen molar-refractivity contribution in [1.29, 1.82) is 0 Å². The molecule has 7 heteroatoms. The predicted octanol–water partition coefficient (Wildman–Crippen LogP) is 3.37. The lowest BCUT2D eigenvalue weighted by molar-refractivity contribution is -0.137. The van der Waals surface area contributed by atoms with E-state index >= 15 is 0 Å². The fourth-order valence-electron chi connectivity index (χ4n) is 2.59. The van der Waals surface area contributed by atoms with Gasteiger partial charge in [0.15, 0.2) is 0 Å². The van der Waals surface area contributed by atoms with Gasteiger partial charge < -0.3 is 15.7 Å². The van der Waals surface area contributed by atoms with Crippen LogP contribution in [0.1, 0.15) is 75.1 Å². The van der Waals surface area contributed by atoms with Crippen molar-refractivity contribution in [3.8, 4) is 0 Å². The lowest BCUT2D eigenvalue weighted by Crippen LogP contribution is -2.24. The Labute approximate surface area is 154 Å². The molecule has 0 aliphatic rings. The van der Waals surface area contributed by atoms with E-state index in [0.717, 1.165) is 51.4 Å². The maximum absolute atomic E-state index is 12.1. The Balaban J connectivity index is 2.06. The Hall–Kier alpha value is -2.44. The molecule has 2 amide bonds. The van der Waals surface area contributed by atoms with Gasteiger partial charge in [0.1, 0.15) is 5.82 Å². The normalized spacial score (nSPS) is 10.3. The SMILES string of the molecule is CC(=O)Nc1cc(C(=O)NCCCCCCCCCCC(=O)O)ccn1. The van der Waals surface area contributed by atoms with E-state index in [1.807, 2.05) is 0 Å². The molecule has 144 valence electrons. The molecule has 1 aromatic heterocycles. The van der Waals surface area contributed by atoms with Gasteiger partial charge in [0.25, 0.3) is 5.91 Å². The van der Waals surface area contributed by atoms with Crippen LogP contribution in [0.2, 0.25) is 0 Å². The number of hydrogen-bond acceptors (Lipinski definition) is 4. The van der Waals surface area contributed by atoms with Gasteiger partial charge in [-0.3, -0.25) is 14.4 Å². The van der Waals surface area contributed by atoms with Crippen LogP contribution in [0.15, 0.2) is 18.3 Å². The number of hydrogen-bond donors (Lipinski definition) is 3. The summed E-state index contributed by atoms with van der Waals surface area (Å²) in [7, 11) is 0. The van der Waals surface area contributed by atoms with Gasteiger partial charge in [-0.05, 0) is 25.0 Å². The largest absolute Gasteiger partial charge is 0.481 e. The van der Waals surface area contributed by atoms with Crippen molar-refractivity contribution in [3.05, 3.63) is 23.9 Å². The average molecular weight is 363 g/mol. The highest BCUT2D eigenvalue weighted by molar-refractivity contribution is 5.96. The number of pyridine rings is 1. The summed E-state index contributed by atoms with van der Waals surface area (Å²) < 4.78 is 0. The highest BCUT2D eigenvalue weighted by atomic mass is 16.4. The molecule has 0 unspecified atom stereocenters. The summed E-state index contributed by atoms with van der Waals surface area (Å²) in [5, 5.41) is 14.0. The Kier molecular flexibility index (Phi) is 10.7. The molecule has 0 aromatic carbocycles.